The molecule has 22 aromatic rings. The Bertz CT molecular complexity index is 7080. The predicted octanol–water partition coefficient (Wildman–Crippen LogP) is 22.2. The van der Waals surface area contributed by atoms with E-state index in [2.05, 4.69) is 361 Å². The highest BCUT2D eigenvalue weighted by atomic mass is 15.3. The third-order valence-electron chi connectivity index (χ3n) is 21.0. The fraction of sp³-hybridized carbons (Fsp3) is 0. The van der Waals surface area contributed by atoms with Crippen molar-refractivity contribution in [3.05, 3.63) is 334 Å². The summed E-state index contributed by atoms with van der Waals surface area (Å²) in [7, 11) is 0. The molecule has 474 valence electrons. The number of nitrogens with zero attached hydrogens (tertiary/aromatic N) is 11. The van der Waals surface area contributed by atoms with Gasteiger partial charge in [-0.2, -0.15) is 19.9 Å². The Kier molecular flexibility index (Phi) is 11.9. The molecular formula is C91H55N11. The van der Waals surface area contributed by atoms with Crippen LogP contribution in [0.2, 0.25) is 0 Å². The van der Waals surface area contributed by atoms with Crippen molar-refractivity contribution < 1.29 is 0 Å². The number of hydrogen-bond acceptors (Lipinski definition) is 5. The number of aromatic nitrogens is 11. The van der Waals surface area contributed by atoms with Crippen LogP contribution in [-0.4, -0.2) is 52.3 Å². The zero-order chi connectivity index (χ0) is 66.7. The van der Waals surface area contributed by atoms with Crippen LogP contribution >= 0.6 is 0 Å². The minimum absolute atomic E-state index is 0.498. The Morgan fingerprint density at radius 1 is 0.186 bits per heavy atom. The maximum absolute atomic E-state index is 5.78. The monoisotopic (exact) mass is 1300 g/mol. The first-order chi connectivity index (χ1) is 50.6. The van der Waals surface area contributed by atoms with Crippen molar-refractivity contribution in [2.24, 2.45) is 0 Å². The lowest BCUT2D eigenvalue weighted by atomic mass is 9.98. The van der Waals surface area contributed by atoms with Crippen LogP contribution < -0.4 is 0 Å². The van der Waals surface area contributed by atoms with Crippen molar-refractivity contribution in [1.82, 2.24) is 52.3 Å². The fourth-order valence-electron chi connectivity index (χ4n) is 16.7. The van der Waals surface area contributed by atoms with Crippen LogP contribution in [0.5, 0.6) is 0 Å². The predicted molar refractivity (Wildman–Crippen MR) is 418 cm³/mol. The Balaban J connectivity index is 0.759. The number of fused-ring (bicyclic) bond motifs is 18. The van der Waals surface area contributed by atoms with Crippen LogP contribution in [0.1, 0.15) is 0 Å². The number of para-hydroxylation sites is 12. The molecule has 0 aliphatic carbocycles. The van der Waals surface area contributed by atoms with Crippen molar-refractivity contribution in [3.63, 3.8) is 0 Å². The number of hydrogen-bond donors (Lipinski definition) is 0. The van der Waals surface area contributed by atoms with Crippen LogP contribution in [-0.2, 0) is 0 Å². The molecule has 0 saturated heterocycles. The second-order valence-corrected chi connectivity index (χ2v) is 26.3. The van der Waals surface area contributed by atoms with Gasteiger partial charge in [0, 0.05) is 81.8 Å². The van der Waals surface area contributed by atoms with Gasteiger partial charge < -0.3 is 9.13 Å². The van der Waals surface area contributed by atoms with Crippen LogP contribution in [0.15, 0.2) is 334 Å². The molecule has 0 fully saturated rings. The summed E-state index contributed by atoms with van der Waals surface area (Å²) in [5.41, 5.74) is 19.2. The molecule has 0 unspecified atom stereocenters. The van der Waals surface area contributed by atoms with Gasteiger partial charge in [-0.3, -0.25) is 18.3 Å². The van der Waals surface area contributed by atoms with E-state index >= 15 is 0 Å². The van der Waals surface area contributed by atoms with Gasteiger partial charge in [-0.1, -0.05) is 231 Å². The summed E-state index contributed by atoms with van der Waals surface area (Å²) in [6.45, 7) is 0. The highest BCUT2D eigenvalue weighted by Gasteiger charge is 2.27. The van der Waals surface area contributed by atoms with Gasteiger partial charge >= 0.3 is 0 Å². The fourth-order valence-corrected chi connectivity index (χ4v) is 16.7. The quantitative estimate of drug-likeness (QED) is 0.144. The Labute approximate surface area is 582 Å². The standard InChI is InChI=1S/C91H55N11/c1-13-39-72-58(26-1)59-27-2-14-40-73(59)97(72)81-48-22-10-35-67(81)71-55-86(99-76-43-17-5-30-62(76)63-31-6-18-44-77(63)99)93-89(92-71)102-82-49-23-11-36-68(82)87-57(38-25-51-85(87)102)56-52-53-84-70(54-56)66-34-9-21-47-80(66)101(84)91-95-88(94-90(96-91)100-78-45-19-7-32-64(78)65-33-8-20-46-79(65)100)69-37-12-24-50-83(69)98-74-41-15-3-28-60(74)61-29-4-16-42-75(61)98/h1-55H. The zero-order valence-corrected chi connectivity index (χ0v) is 54.7. The largest absolute Gasteiger partial charge is 0.309 e. The minimum Gasteiger partial charge on any atom is -0.309 e. The molecule has 8 heterocycles. The normalized spacial score (nSPS) is 12.1. The highest BCUT2D eigenvalue weighted by molar-refractivity contribution is 6.18. The zero-order valence-electron chi connectivity index (χ0n) is 54.7. The third kappa shape index (κ3) is 8.09. The Morgan fingerprint density at radius 2 is 0.500 bits per heavy atom. The van der Waals surface area contributed by atoms with E-state index in [-0.39, 0.29) is 0 Å². The summed E-state index contributed by atoms with van der Waals surface area (Å²) in [4.78, 5) is 28.4. The summed E-state index contributed by atoms with van der Waals surface area (Å²) >= 11 is 0. The van der Waals surface area contributed by atoms with E-state index in [0.717, 1.165) is 154 Å². The van der Waals surface area contributed by atoms with Gasteiger partial charge in [-0.05, 0) is 108 Å². The average molecular weight is 1300 g/mol. The molecule has 0 amide bonds. The summed E-state index contributed by atoms with van der Waals surface area (Å²) in [6.07, 6.45) is 0. The molecule has 0 aliphatic rings. The van der Waals surface area contributed by atoms with E-state index < -0.39 is 0 Å². The van der Waals surface area contributed by atoms with Gasteiger partial charge in [0.1, 0.15) is 5.82 Å². The average Bonchev–Trinajstić information content (AvgIpc) is 1.57. The summed E-state index contributed by atoms with van der Waals surface area (Å²) in [6, 6.07) is 119. The van der Waals surface area contributed by atoms with Gasteiger partial charge in [-0.15, -0.1) is 0 Å². The molecule has 0 N–H and O–H groups in total. The van der Waals surface area contributed by atoms with Gasteiger partial charge in [0.15, 0.2) is 5.82 Å². The second kappa shape index (κ2) is 21.7. The maximum atomic E-state index is 5.78. The molecule has 22 rings (SSSR count). The molecule has 0 aliphatic heterocycles. The van der Waals surface area contributed by atoms with Crippen LogP contribution in [0.4, 0.5) is 0 Å². The van der Waals surface area contributed by atoms with Gasteiger partial charge in [-0.25, -0.2) is 4.98 Å². The first-order valence-electron chi connectivity index (χ1n) is 34.5. The van der Waals surface area contributed by atoms with E-state index in [1.54, 1.807) is 0 Å². The first-order valence-corrected chi connectivity index (χ1v) is 34.5. The third-order valence-corrected chi connectivity index (χ3v) is 21.0. The lowest BCUT2D eigenvalue weighted by molar-refractivity contribution is 0.892. The molecular weight excluding hydrogens is 1250 g/mol. The van der Waals surface area contributed by atoms with Crippen molar-refractivity contribution in [2.45, 2.75) is 0 Å². The van der Waals surface area contributed by atoms with E-state index in [1.807, 2.05) is 0 Å². The topological polar surface area (TPSA) is 94.0 Å². The minimum atomic E-state index is 0.498. The summed E-state index contributed by atoms with van der Waals surface area (Å²) < 4.78 is 13.8. The van der Waals surface area contributed by atoms with Crippen molar-refractivity contribution in [1.29, 1.82) is 0 Å². The van der Waals surface area contributed by atoms with Crippen LogP contribution in [0, 0.1) is 0 Å². The molecule has 102 heavy (non-hydrogen) atoms. The Morgan fingerprint density at radius 3 is 0.961 bits per heavy atom. The van der Waals surface area contributed by atoms with E-state index in [1.165, 1.54) is 21.5 Å². The number of benzene rings is 14. The highest BCUT2D eigenvalue weighted by Crippen LogP contribution is 2.45. The first kappa shape index (κ1) is 56.0. The van der Waals surface area contributed by atoms with Crippen molar-refractivity contribution in [2.75, 3.05) is 0 Å². The van der Waals surface area contributed by atoms with Crippen LogP contribution in [0.25, 0.3) is 200 Å². The van der Waals surface area contributed by atoms with E-state index in [4.69, 9.17) is 24.9 Å². The van der Waals surface area contributed by atoms with Crippen molar-refractivity contribution >= 4 is 131 Å². The van der Waals surface area contributed by atoms with Crippen LogP contribution in [0.3, 0.4) is 0 Å². The van der Waals surface area contributed by atoms with Crippen molar-refractivity contribution in [3.8, 4) is 68.8 Å². The summed E-state index contributed by atoms with van der Waals surface area (Å²) in [5.74, 6) is 2.87. The van der Waals surface area contributed by atoms with Gasteiger partial charge in [0.2, 0.25) is 17.8 Å². The summed E-state index contributed by atoms with van der Waals surface area (Å²) in [5, 5.41) is 13.6. The molecule has 14 aromatic carbocycles. The molecule has 0 atom stereocenters. The van der Waals surface area contributed by atoms with Gasteiger partial charge in [0.25, 0.3) is 0 Å². The number of rotatable bonds is 9. The SMILES string of the molecule is c1ccc(-n2c3ccccc3c3ccccc32)c(-c2cc(-n3c4ccccc4c4ccccc43)nc(-n3c4ccccc4c4c(-c5ccc6c(c5)c5ccccc5n6-c5nc(-c6ccccc6-n6c7ccccc7c7ccccc76)nc(-n6c7ccccc7c7ccccc76)n5)cccc43)n2)c1. The maximum Gasteiger partial charge on any atom is 0.240 e. The molecule has 11 heteroatoms. The lowest BCUT2D eigenvalue weighted by Crippen LogP contribution is -2.11. The second-order valence-electron chi connectivity index (χ2n) is 26.3. The molecule has 0 spiro atoms. The van der Waals surface area contributed by atoms with Gasteiger partial charge in [0.05, 0.1) is 83.3 Å². The molecule has 0 bridgehead atoms. The molecule has 11 nitrogen and oxygen atoms in total. The van der Waals surface area contributed by atoms with E-state index in [9.17, 15) is 0 Å². The molecule has 8 aromatic heterocycles. The van der Waals surface area contributed by atoms with E-state index in [0.29, 0.717) is 23.7 Å². The Hall–Kier alpha value is -14.0. The smallest absolute Gasteiger partial charge is 0.240 e. The molecule has 0 radical (unpaired) electrons. The lowest BCUT2D eigenvalue weighted by Gasteiger charge is -2.17. The molecule has 0 saturated carbocycles.